The quantitative estimate of drug-likeness (QED) is 0.870. The molecule has 1 aliphatic heterocycles. The number of hydrogen-bond acceptors (Lipinski definition) is 3. The number of carbonyl (C=O) groups excluding carboxylic acids is 1. The number of halogens is 1. The third-order valence-electron chi connectivity index (χ3n) is 3.87. The number of carbonyl (C=O) groups is 1. The molecule has 0 N–H and O–H groups in total. The van der Waals surface area contributed by atoms with Crippen molar-refractivity contribution in [1.29, 1.82) is 0 Å². The summed E-state index contributed by atoms with van der Waals surface area (Å²) < 4.78 is 18.7. The second kappa shape index (κ2) is 6.20. The van der Waals surface area contributed by atoms with Gasteiger partial charge in [-0.3, -0.25) is 4.79 Å². The molecule has 0 saturated carbocycles. The van der Waals surface area contributed by atoms with Gasteiger partial charge in [-0.05, 0) is 29.8 Å². The summed E-state index contributed by atoms with van der Waals surface area (Å²) in [6.07, 6.45) is 0.538. The lowest BCUT2D eigenvalue weighted by Gasteiger charge is -2.20. The molecule has 0 aliphatic carbocycles. The highest BCUT2D eigenvalue weighted by atomic mass is 19.1. The van der Waals surface area contributed by atoms with Crippen LogP contribution in [0.2, 0.25) is 0 Å². The van der Waals surface area contributed by atoms with Crippen molar-refractivity contribution in [2.45, 2.75) is 19.4 Å². The Hall–Kier alpha value is -2.69. The molecule has 0 bridgehead atoms. The zero-order valence-electron chi connectivity index (χ0n) is 13.0. The van der Waals surface area contributed by atoms with E-state index in [-0.39, 0.29) is 17.8 Å². The Morgan fingerprint density at radius 2 is 2.04 bits per heavy atom. The lowest BCUT2D eigenvalue weighted by Crippen LogP contribution is -2.24. The Kier molecular flexibility index (Phi) is 4.10. The molecule has 0 saturated heterocycles. The van der Waals surface area contributed by atoms with Crippen LogP contribution in [0, 0.1) is 5.82 Å². The number of hydrogen-bond donors (Lipinski definition) is 0. The fraction of sp³-hybridized carbons (Fsp3) is 0.222. The van der Waals surface area contributed by atoms with Gasteiger partial charge in [0.2, 0.25) is 5.91 Å². The molecule has 2 aromatic carbocycles. The van der Waals surface area contributed by atoms with Gasteiger partial charge in [0.1, 0.15) is 11.6 Å². The van der Waals surface area contributed by atoms with Crippen molar-refractivity contribution >= 4 is 11.6 Å². The van der Waals surface area contributed by atoms with Gasteiger partial charge in [-0.2, -0.15) is 5.10 Å². The summed E-state index contributed by atoms with van der Waals surface area (Å²) in [4.78, 5) is 11.9. The molecular weight excluding hydrogens is 295 g/mol. The molecule has 0 radical (unpaired) electrons. The van der Waals surface area contributed by atoms with E-state index in [0.717, 1.165) is 22.6 Å². The number of nitrogens with zero attached hydrogens (tertiary/aromatic N) is 2. The molecule has 3 rings (SSSR count). The highest BCUT2D eigenvalue weighted by Gasteiger charge is 2.31. The number of hydrazone groups is 1. The third-order valence-corrected chi connectivity index (χ3v) is 3.87. The molecule has 5 heteroatoms. The lowest BCUT2D eigenvalue weighted by molar-refractivity contribution is -0.130. The zero-order valence-corrected chi connectivity index (χ0v) is 13.0. The monoisotopic (exact) mass is 312 g/mol. The van der Waals surface area contributed by atoms with Crippen LogP contribution in [0.25, 0.3) is 0 Å². The van der Waals surface area contributed by atoms with Crippen molar-refractivity contribution < 1.29 is 13.9 Å². The first-order chi connectivity index (χ1) is 11.1. The molecule has 118 valence electrons. The Labute approximate surface area is 134 Å². The SMILES string of the molecule is COc1cccc(C2=NN(C(C)=O)[C@H](c3cccc(F)c3)C2)c1. The van der Waals surface area contributed by atoms with Gasteiger partial charge in [0.25, 0.3) is 0 Å². The van der Waals surface area contributed by atoms with Crippen LogP contribution in [0.15, 0.2) is 53.6 Å². The van der Waals surface area contributed by atoms with Crippen molar-refractivity contribution in [2.75, 3.05) is 7.11 Å². The van der Waals surface area contributed by atoms with Crippen LogP contribution in [0.3, 0.4) is 0 Å². The molecule has 1 amide bonds. The summed E-state index contributed by atoms with van der Waals surface area (Å²) in [6, 6.07) is 13.5. The number of benzene rings is 2. The topological polar surface area (TPSA) is 41.9 Å². The predicted molar refractivity (Wildman–Crippen MR) is 85.8 cm³/mol. The van der Waals surface area contributed by atoms with Gasteiger partial charge in [0.15, 0.2) is 0 Å². The van der Waals surface area contributed by atoms with Crippen molar-refractivity contribution in [3.8, 4) is 5.75 Å². The Bertz CT molecular complexity index is 773. The maximum Gasteiger partial charge on any atom is 0.240 e. The van der Waals surface area contributed by atoms with Gasteiger partial charge in [0, 0.05) is 18.9 Å². The number of amides is 1. The highest BCUT2D eigenvalue weighted by molar-refractivity contribution is 6.03. The van der Waals surface area contributed by atoms with Gasteiger partial charge < -0.3 is 4.74 Å². The summed E-state index contributed by atoms with van der Waals surface area (Å²) >= 11 is 0. The maximum absolute atomic E-state index is 13.5. The molecule has 0 spiro atoms. The standard InChI is InChI=1S/C18H17FN2O2/c1-12(22)21-18(14-6-3-7-15(19)9-14)11-17(20-21)13-5-4-8-16(10-13)23-2/h3-10,18H,11H2,1-2H3/t18-/m0/s1. The molecule has 0 aromatic heterocycles. The molecule has 4 nitrogen and oxygen atoms in total. The van der Waals surface area contributed by atoms with E-state index >= 15 is 0 Å². The van der Waals surface area contributed by atoms with Crippen molar-refractivity contribution in [2.24, 2.45) is 5.10 Å². The van der Waals surface area contributed by atoms with E-state index in [9.17, 15) is 9.18 Å². The first kappa shape index (κ1) is 15.2. The lowest BCUT2D eigenvalue weighted by atomic mass is 9.98. The summed E-state index contributed by atoms with van der Waals surface area (Å²) in [5.74, 6) is 0.242. The fourth-order valence-corrected chi connectivity index (χ4v) is 2.75. The van der Waals surface area contributed by atoms with Crippen LogP contribution in [0.4, 0.5) is 4.39 Å². The molecule has 1 heterocycles. The third kappa shape index (κ3) is 3.08. The van der Waals surface area contributed by atoms with Gasteiger partial charge in [-0.1, -0.05) is 24.3 Å². The van der Waals surface area contributed by atoms with Crippen LogP contribution in [0.1, 0.15) is 30.5 Å². The minimum atomic E-state index is -0.319. The molecule has 0 unspecified atom stereocenters. The molecule has 1 atom stereocenters. The van der Waals surface area contributed by atoms with E-state index in [4.69, 9.17) is 4.74 Å². The molecule has 23 heavy (non-hydrogen) atoms. The minimum Gasteiger partial charge on any atom is -0.497 e. The zero-order chi connectivity index (χ0) is 16.4. The molecular formula is C18H17FN2O2. The minimum absolute atomic E-state index is 0.169. The van der Waals surface area contributed by atoms with Crippen LogP contribution in [-0.2, 0) is 4.79 Å². The Morgan fingerprint density at radius 1 is 1.26 bits per heavy atom. The fourth-order valence-electron chi connectivity index (χ4n) is 2.75. The van der Waals surface area contributed by atoms with Crippen LogP contribution in [0.5, 0.6) is 5.75 Å². The molecule has 2 aromatic rings. The van der Waals surface area contributed by atoms with E-state index in [1.807, 2.05) is 30.3 Å². The molecule has 1 aliphatic rings. The van der Waals surface area contributed by atoms with Gasteiger partial charge >= 0.3 is 0 Å². The second-order valence-electron chi connectivity index (χ2n) is 5.42. The van der Waals surface area contributed by atoms with E-state index in [1.54, 1.807) is 13.2 Å². The summed E-state index contributed by atoms with van der Waals surface area (Å²) in [6.45, 7) is 1.46. The van der Waals surface area contributed by atoms with E-state index in [0.29, 0.717) is 6.42 Å². The van der Waals surface area contributed by atoms with E-state index in [2.05, 4.69) is 5.10 Å². The van der Waals surface area contributed by atoms with Crippen molar-refractivity contribution in [3.05, 3.63) is 65.5 Å². The number of methoxy groups -OCH3 is 1. The number of ether oxygens (including phenoxy) is 1. The number of rotatable bonds is 3. The van der Waals surface area contributed by atoms with E-state index < -0.39 is 0 Å². The second-order valence-corrected chi connectivity index (χ2v) is 5.42. The largest absolute Gasteiger partial charge is 0.497 e. The summed E-state index contributed by atoms with van der Waals surface area (Å²) in [5, 5.41) is 5.86. The average molecular weight is 312 g/mol. The van der Waals surface area contributed by atoms with Crippen LogP contribution < -0.4 is 4.74 Å². The van der Waals surface area contributed by atoms with E-state index in [1.165, 1.54) is 24.1 Å². The normalized spacial score (nSPS) is 17.1. The highest BCUT2D eigenvalue weighted by Crippen LogP contribution is 2.33. The summed E-state index contributed by atoms with van der Waals surface area (Å²) in [5.41, 5.74) is 2.42. The molecule has 0 fully saturated rings. The maximum atomic E-state index is 13.5. The van der Waals surface area contributed by atoms with Crippen LogP contribution in [-0.4, -0.2) is 23.7 Å². The predicted octanol–water partition coefficient (Wildman–Crippen LogP) is 3.53. The van der Waals surface area contributed by atoms with Crippen molar-refractivity contribution in [1.82, 2.24) is 5.01 Å². The van der Waals surface area contributed by atoms with Crippen molar-refractivity contribution in [3.63, 3.8) is 0 Å². The first-order valence-electron chi connectivity index (χ1n) is 7.35. The Morgan fingerprint density at radius 3 is 2.74 bits per heavy atom. The Balaban J connectivity index is 1.95. The average Bonchev–Trinajstić information content (AvgIpc) is 3.00. The summed E-state index contributed by atoms with van der Waals surface area (Å²) in [7, 11) is 1.60. The van der Waals surface area contributed by atoms with Gasteiger partial charge in [0.05, 0.1) is 18.9 Å². The smallest absolute Gasteiger partial charge is 0.240 e. The van der Waals surface area contributed by atoms with Crippen LogP contribution >= 0.6 is 0 Å². The van der Waals surface area contributed by atoms with Gasteiger partial charge in [-0.25, -0.2) is 9.40 Å². The first-order valence-corrected chi connectivity index (χ1v) is 7.35. The van der Waals surface area contributed by atoms with Gasteiger partial charge in [-0.15, -0.1) is 0 Å².